The summed E-state index contributed by atoms with van der Waals surface area (Å²) < 4.78 is 0. The van der Waals surface area contributed by atoms with Crippen LogP contribution in [0, 0.1) is 5.92 Å². The zero-order valence-corrected chi connectivity index (χ0v) is 5.48. The van der Waals surface area contributed by atoms with Crippen molar-refractivity contribution in [1.29, 1.82) is 0 Å². The molecular weight excluding hydrogens is 108 g/mol. The number of carbonyl (C=O) groups excluding carboxylic acids is 1. The molecule has 0 aliphatic heterocycles. The van der Waals surface area contributed by atoms with Crippen molar-refractivity contribution in [3.63, 3.8) is 0 Å². The highest BCUT2D eigenvalue weighted by molar-refractivity contribution is 7.81. The first-order chi connectivity index (χ1) is 3.18. The molecular formula is C5H10OS. The Morgan fingerprint density at radius 2 is 2.00 bits per heavy atom. The lowest BCUT2D eigenvalue weighted by Gasteiger charge is -2.03. The van der Waals surface area contributed by atoms with E-state index in [1.54, 1.807) is 0 Å². The molecule has 0 amide bonds. The van der Waals surface area contributed by atoms with Crippen molar-refractivity contribution in [2.24, 2.45) is 5.92 Å². The van der Waals surface area contributed by atoms with Crippen LogP contribution in [0.4, 0.5) is 0 Å². The smallest absolute Gasteiger partial charge is 0.123 e. The molecule has 1 nitrogen and oxygen atoms in total. The molecule has 0 aromatic carbocycles. The first-order valence-corrected chi connectivity index (χ1v) is 2.83. The highest BCUT2D eigenvalue weighted by Crippen LogP contribution is 2.03. The van der Waals surface area contributed by atoms with Gasteiger partial charge in [-0.1, -0.05) is 13.8 Å². The van der Waals surface area contributed by atoms with Crippen molar-refractivity contribution in [3.8, 4) is 0 Å². The van der Waals surface area contributed by atoms with E-state index in [0.29, 0.717) is 0 Å². The molecule has 0 saturated heterocycles. The summed E-state index contributed by atoms with van der Waals surface area (Å²) in [5.74, 6) is 0.0864. The van der Waals surface area contributed by atoms with Gasteiger partial charge in [-0.3, -0.25) is 0 Å². The van der Waals surface area contributed by atoms with Crippen LogP contribution < -0.4 is 0 Å². The summed E-state index contributed by atoms with van der Waals surface area (Å²) >= 11 is 4.04. The number of hydrogen-bond acceptors (Lipinski definition) is 2. The van der Waals surface area contributed by atoms with Crippen LogP contribution in [0.5, 0.6) is 0 Å². The van der Waals surface area contributed by atoms with Crippen LogP contribution in [-0.2, 0) is 4.79 Å². The molecule has 0 aliphatic carbocycles. The molecule has 2 heteroatoms. The van der Waals surface area contributed by atoms with Gasteiger partial charge in [0, 0.05) is 11.2 Å². The summed E-state index contributed by atoms with van der Waals surface area (Å²) in [6.45, 7) is 3.76. The van der Waals surface area contributed by atoms with Crippen molar-refractivity contribution >= 4 is 18.9 Å². The fraction of sp³-hybridized carbons (Fsp3) is 0.800. The Morgan fingerprint density at radius 3 is 2.00 bits per heavy atom. The predicted molar refractivity (Wildman–Crippen MR) is 33.7 cm³/mol. The van der Waals surface area contributed by atoms with Gasteiger partial charge in [-0.2, -0.15) is 12.6 Å². The van der Waals surface area contributed by atoms with Gasteiger partial charge < -0.3 is 4.79 Å². The Kier molecular flexibility index (Phi) is 3.09. The standard InChI is InChI=1S/C5H10OS/c1-4(3-6)5(2)7/h3-5,7H,1-2H3. The summed E-state index contributed by atoms with van der Waals surface area (Å²) in [5, 5.41) is 0.192. The van der Waals surface area contributed by atoms with E-state index in [2.05, 4.69) is 12.6 Å². The summed E-state index contributed by atoms with van der Waals surface area (Å²) in [5.41, 5.74) is 0. The maximum absolute atomic E-state index is 9.90. The third kappa shape index (κ3) is 2.68. The van der Waals surface area contributed by atoms with Crippen LogP contribution in [0.3, 0.4) is 0 Å². The van der Waals surface area contributed by atoms with E-state index >= 15 is 0 Å². The second kappa shape index (κ2) is 3.08. The van der Waals surface area contributed by atoms with Gasteiger partial charge in [0.1, 0.15) is 6.29 Å². The van der Waals surface area contributed by atoms with E-state index in [1.807, 2.05) is 13.8 Å². The fourth-order valence-electron chi connectivity index (χ4n) is 0.114. The quantitative estimate of drug-likeness (QED) is 0.425. The van der Waals surface area contributed by atoms with Crippen LogP contribution in [0.1, 0.15) is 13.8 Å². The molecule has 0 aliphatic rings. The highest BCUT2D eigenvalue weighted by Gasteiger charge is 2.03. The first-order valence-electron chi connectivity index (χ1n) is 2.32. The van der Waals surface area contributed by atoms with Gasteiger partial charge in [-0.15, -0.1) is 0 Å². The summed E-state index contributed by atoms with van der Waals surface area (Å²) in [6, 6.07) is 0. The number of rotatable bonds is 2. The maximum atomic E-state index is 9.90. The lowest BCUT2D eigenvalue weighted by atomic mass is 10.1. The average molecular weight is 118 g/mol. The highest BCUT2D eigenvalue weighted by atomic mass is 32.1. The first kappa shape index (κ1) is 7.02. The van der Waals surface area contributed by atoms with Crippen LogP contribution in [-0.4, -0.2) is 11.5 Å². The zero-order chi connectivity index (χ0) is 5.86. The van der Waals surface area contributed by atoms with Gasteiger partial charge in [0.05, 0.1) is 0 Å². The summed E-state index contributed by atoms with van der Waals surface area (Å²) in [6.07, 6.45) is 0.914. The van der Waals surface area contributed by atoms with Crippen molar-refractivity contribution < 1.29 is 4.79 Å². The van der Waals surface area contributed by atoms with Gasteiger partial charge in [-0.25, -0.2) is 0 Å². The van der Waals surface area contributed by atoms with E-state index in [9.17, 15) is 4.79 Å². The normalized spacial score (nSPS) is 18.1. The topological polar surface area (TPSA) is 17.1 Å². The Bertz CT molecular complexity index is 61.1. The third-order valence-corrected chi connectivity index (χ3v) is 1.45. The summed E-state index contributed by atoms with van der Waals surface area (Å²) in [7, 11) is 0. The minimum absolute atomic E-state index is 0.0864. The lowest BCUT2D eigenvalue weighted by Crippen LogP contribution is -2.07. The van der Waals surface area contributed by atoms with E-state index in [-0.39, 0.29) is 11.2 Å². The molecule has 0 bridgehead atoms. The van der Waals surface area contributed by atoms with E-state index in [1.165, 1.54) is 0 Å². The molecule has 0 heterocycles. The van der Waals surface area contributed by atoms with Crippen LogP contribution in [0.2, 0.25) is 0 Å². The van der Waals surface area contributed by atoms with Crippen molar-refractivity contribution in [2.45, 2.75) is 19.1 Å². The Morgan fingerprint density at radius 1 is 1.57 bits per heavy atom. The monoisotopic (exact) mass is 118 g/mol. The van der Waals surface area contributed by atoms with Gasteiger partial charge in [0.2, 0.25) is 0 Å². The van der Waals surface area contributed by atoms with E-state index in [0.717, 1.165) is 6.29 Å². The van der Waals surface area contributed by atoms with Gasteiger partial charge in [0.25, 0.3) is 0 Å². The molecule has 0 N–H and O–H groups in total. The van der Waals surface area contributed by atoms with Crippen molar-refractivity contribution in [1.82, 2.24) is 0 Å². The average Bonchev–Trinajstić information content (AvgIpc) is 1.65. The number of carbonyl (C=O) groups is 1. The molecule has 0 saturated carbocycles. The zero-order valence-electron chi connectivity index (χ0n) is 4.59. The molecule has 0 aromatic rings. The molecule has 0 rings (SSSR count). The SMILES string of the molecule is CC(S)C(C)C=O. The molecule has 0 radical (unpaired) electrons. The molecule has 0 aromatic heterocycles. The Labute approximate surface area is 49.5 Å². The van der Waals surface area contributed by atoms with Crippen molar-refractivity contribution in [2.75, 3.05) is 0 Å². The number of hydrogen-bond donors (Lipinski definition) is 1. The minimum Gasteiger partial charge on any atom is -0.303 e. The van der Waals surface area contributed by atoms with Gasteiger partial charge in [0.15, 0.2) is 0 Å². The van der Waals surface area contributed by atoms with Crippen LogP contribution in [0.25, 0.3) is 0 Å². The lowest BCUT2D eigenvalue weighted by molar-refractivity contribution is -0.110. The number of aldehydes is 1. The Balaban J connectivity index is 3.33. The maximum Gasteiger partial charge on any atom is 0.123 e. The fourth-order valence-corrected chi connectivity index (χ4v) is 0.184. The molecule has 7 heavy (non-hydrogen) atoms. The van der Waals surface area contributed by atoms with Gasteiger partial charge in [-0.05, 0) is 0 Å². The molecule has 0 fully saturated rings. The molecule has 0 spiro atoms. The second-order valence-corrected chi connectivity index (χ2v) is 2.55. The van der Waals surface area contributed by atoms with Crippen molar-refractivity contribution in [3.05, 3.63) is 0 Å². The molecule has 2 unspecified atom stereocenters. The van der Waals surface area contributed by atoms with Crippen LogP contribution in [0.15, 0.2) is 0 Å². The van der Waals surface area contributed by atoms with E-state index in [4.69, 9.17) is 0 Å². The number of thiol groups is 1. The second-order valence-electron chi connectivity index (χ2n) is 1.74. The Hall–Kier alpha value is 0.0200. The van der Waals surface area contributed by atoms with Gasteiger partial charge >= 0.3 is 0 Å². The predicted octanol–water partition coefficient (Wildman–Crippen LogP) is 1.14. The summed E-state index contributed by atoms with van der Waals surface area (Å²) in [4.78, 5) is 9.90. The largest absolute Gasteiger partial charge is 0.303 e. The molecule has 2 atom stereocenters. The van der Waals surface area contributed by atoms with E-state index < -0.39 is 0 Å². The van der Waals surface area contributed by atoms with Crippen LogP contribution >= 0.6 is 12.6 Å². The minimum atomic E-state index is 0.0864. The molecule has 42 valence electrons. The third-order valence-electron chi connectivity index (χ3n) is 0.976.